The Morgan fingerprint density at radius 2 is 2.06 bits per heavy atom. The van der Waals surface area contributed by atoms with Crippen molar-refractivity contribution >= 4 is 5.69 Å². The van der Waals surface area contributed by atoms with E-state index in [2.05, 4.69) is 10.3 Å². The van der Waals surface area contributed by atoms with Crippen LogP contribution in [-0.4, -0.2) is 30.8 Å². The van der Waals surface area contributed by atoms with Crippen molar-refractivity contribution in [3.8, 4) is 0 Å². The van der Waals surface area contributed by atoms with Crippen LogP contribution in [0.15, 0.2) is 18.5 Å². The SMILES string of the molecule is CC(C)NCc1ccncc1N(C)CC(F)(F)F. The van der Waals surface area contributed by atoms with Crippen LogP contribution in [0.2, 0.25) is 0 Å². The fourth-order valence-electron chi connectivity index (χ4n) is 1.58. The fourth-order valence-corrected chi connectivity index (χ4v) is 1.58. The lowest BCUT2D eigenvalue weighted by Gasteiger charge is -2.23. The number of nitrogens with zero attached hydrogens (tertiary/aromatic N) is 2. The van der Waals surface area contributed by atoms with E-state index in [1.165, 1.54) is 18.1 Å². The second kappa shape index (κ2) is 6.04. The van der Waals surface area contributed by atoms with Crippen molar-refractivity contribution in [2.45, 2.75) is 32.6 Å². The molecule has 102 valence electrons. The lowest BCUT2D eigenvalue weighted by molar-refractivity contribution is -0.119. The fraction of sp³-hybridized carbons (Fsp3) is 0.583. The summed E-state index contributed by atoms with van der Waals surface area (Å²) in [5, 5.41) is 3.18. The standard InChI is InChI=1S/C12H18F3N3/c1-9(2)17-6-10-4-5-16-7-11(10)18(3)8-12(13,14)15/h4-5,7,9,17H,6,8H2,1-3H3. The minimum absolute atomic E-state index is 0.277. The number of hydrogen-bond acceptors (Lipinski definition) is 3. The third-order valence-corrected chi connectivity index (χ3v) is 2.42. The van der Waals surface area contributed by atoms with E-state index in [1.807, 2.05) is 13.8 Å². The third kappa shape index (κ3) is 4.91. The van der Waals surface area contributed by atoms with Crippen molar-refractivity contribution in [1.82, 2.24) is 10.3 Å². The maximum Gasteiger partial charge on any atom is 0.405 e. The number of rotatable bonds is 5. The van der Waals surface area contributed by atoms with Crippen molar-refractivity contribution in [2.24, 2.45) is 0 Å². The molecule has 0 unspecified atom stereocenters. The monoisotopic (exact) mass is 261 g/mol. The van der Waals surface area contributed by atoms with E-state index >= 15 is 0 Å². The Kier molecular flexibility index (Phi) is 4.95. The first-order chi connectivity index (χ1) is 8.29. The van der Waals surface area contributed by atoms with Crippen LogP contribution in [0.4, 0.5) is 18.9 Å². The van der Waals surface area contributed by atoms with Gasteiger partial charge >= 0.3 is 6.18 Å². The second-order valence-corrected chi connectivity index (χ2v) is 4.51. The van der Waals surface area contributed by atoms with Crippen LogP contribution >= 0.6 is 0 Å². The van der Waals surface area contributed by atoms with Crippen molar-refractivity contribution in [3.05, 3.63) is 24.0 Å². The molecule has 0 amide bonds. The van der Waals surface area contributed by atoms with Gasteiger partial charge in [-0.15, -0.1) is 0 Å². The number of pyridine rings is 1. The molecule has 0 aliphatic rings. The molecule has 0 fully saturated rings. The summed E-state index contributed by atoms with van der Waals surface area (Å²) in [6, 6.07) is 2.01. The normalized spacial score (nSPS) is 11.9. The zero-order valence-electron chi connectivity index (χ0n) is 10.8. The van der Waals surface area contributed by atoms with Crippen molar-refractivity contribution in [3.63, 3.8) is 0 Å². The van der Waals surface area contributed by atoms with E-state index in [-0.39, 0.29) is 6.04 Å². The smallest absolute Gasteiger partial charge is 0.364 e. The number of halogens is 3. The van der Waals surface area contributed by atoms with Gasteiger partial charge in [0.1, 0.15) is 6.54 Å². The summed E-state index contributed by atoms with van der Waals surface area (Å²) in [5.41, 5.74) is 1.31. The lowest BCUT2D eigenvalue weighted by Crippen LogP contribution is -2.32. The Hall–Kier alpha value is -1.30. The summed E-state index contributed by atoms with van der Waals surface area (Å²) in [6.07, 6.45) is -1.17. The quantitative estimate of drug-likeness (QED) is 0.883. The van der Waals surface area contributed by atoms with E-state index in [9.17, 15) is 13.2 Å². The predicted octanol–water partition coefficient (Wildman–Crippen LogP) is 2.58. The minimum atomic E-state index is -4.21. The Labute approximate surface area is 105 Å². The van der Waals surface area contributed by atoms with Crippen molar-refractivity contribution in [2.75, 3.05) is 18.5 Å². The molecule has 1 heterocycles. The van der Waals surface area contributed by atoms with Gasteiger partial charge in [0.05, 0.1) is 11.9 Å². The lowest BCUT2D eigenvalue weighted by atomic mass is 10.2. The van der Waals surface area contributed by atoms with Crippen LogP contribution in [-0.2, 0) is 6.54 Å². The maximum atomic E-state index is 12.4. The first-order valence-electron chi connectivity index (χ1n) is 5.74. The molecular weight excluding hydrogens is 243 g/mol. The van der Waals surface area contributed by atoms with Gasteiger partial charge in [-0.1, -0.05) is 13.8 Å². The topological polar surface area (TPSA) is 28.2 Å². The van der Waals surface area contributed by atoms with Crippen molar-refractivity contribution < 1.29 is 13.2 Å². The highest BCUT2D eigenvalue weighted by molar-refractivity contribution is 5.51. The average molecular weight is 261 g/mol. The Morgan fingerprint density at radius 3 is 2.61 bits per heavy atom. The van der Waals surface area contributed by atoms with E-state index in [4.69, 9.17) is 0 Å². The van der Waals surface area contributed by atoms with Gasteiger partial charge in [-0.2, -0.15) is 13.2 Å². The van der Waals surface area contributed by atoms with E-state index in [0.717, 1.165) is 5.56 Å². The van der Waals surface area contributed by atoms with Gasteiger partial charge in [0.2, 0.25) is 0 Å². The molecule has 0 saturated carbocycles. The zero-order valence-corrected chi connectivity index (χ0v) is 10.8. The molecule has 0 saturated heterocycles. The largest absolute Gasteiger partial charge is 0.405 e. The summed E-state index contributed by atoms with van der Waals surface area (Å²) in [7, 11) is 1.42. The summed E-state index contributed by atoms with van der Waals surface area (Å²) < 4.78 is 37.1. The van der Waals surface area contributed by atoms with Gasteiger partial charge < -0.3 is 10.2 Å². The summed E-state index contributed by atoms with van der Waals surface area (Å²) >= 11 is 0. The first kappa shape index (κ1) is 14.8. The molecule has 0 spiro atoms. The summed E-state index contributed by atoms with van der Waals surface area (Å²) in [4.78, 5) is 5.06. The Bertz CT molecular complexity index is 377. The van der Waals surface area contributed by atoms with Crippen LogP contribution < -0.4 is 10.2 Å². The van der Waals surface area contributed by atoms with Crippen LogP contribution in [0.3, 0.4) is 0 Å². The number of alkyl halides is 3. The van der Waals surface area contributed by atoms with Crippen LogP contribution in [0, 0.1) is 0 Å². The molecule has 0 bridgehead atoms. The summed E-state index contributed by atoms with van der Waals surface area (Å²) in [5.74, 6) is 0. The van der Waals surface area contributed by atoms with Gasteiger partial charge in [0, 0.05) is 25.8 Å². The van der Waals surface area contributed by atoms with Crippen LogP contribution in [0.1, 0.15) is 19.4 Å². The second-order valence-electron chi connectivity index (χ2n) is 4.51. The van der Waals surface area contributed by atoms with Crippen LogP contribution in [0.5, 0.6) is 0 Å². The molecule has 18 heavy (non-hydrogen) atoms. The molecule has 0 aromatic carbocycles. The highest BCUT2D eigenvalue weighted by Gasteiger charge is 2.30. The van der Waals surface area contributed by atoms with E-state index < -0.39 is 12.7 Å². The van der Waals surface area contributed by atoms with E-state index in [0.29, 0.717) is 12.2 Å². The van der Waals surface area contributed by atoms with E-state index in [1.54, 1.807) is 12.3 Å². The molecule has 0 aliphatic carbocycles. The summed E-state index contributed by atoms with van der Waals surface area (Å²) in [6.45, 7) is 3.52. The molecule has 1 aromatic rings. The van der Waals surface area contributed by atoms with Gasteiger partial charge in [-0.05, 0) is 11.6 Å². The van der Waals surface area contributed by atoms with Gasteiger partial charge in [0.25, 0.3) is 0 Å². The molecule has 0 atom stereocenters. The van der Waals surface area contributed by atoms with Gasteiger partial charge in [0.15, 0.2) is 0 Å². The molecule has 1 aromatic heterocycles. The number of anilines is 1. The zero-order chi connectivity index (χ0) is 13.8. The molecule has 1 rings (SSSR count). The Balaban J connectivity index is 2.80. The molecule has 6 heteroatoms. The molecule has 0 radical (unpaired) electrons. The van der Waals surface area contributed by atoms with Crippen molar-refractivity contribution in [1.29, 1.82) is 0 Å². The molecule has 0 aliphatic heterocycles. The highest BCUT2D eigenvalue weighted by atomic mass is 19.4. The first-order valence-corrected chi connectivity index (χ1v) is 5.74. The maximum absolute atomic E-state index is 12.4. The van der Waals surface area contributed by atoms with Crippen LogP contribution in [0.25, 0.3) is 0 Å². The average Bonchev–Trinajstić information content (AvgIpc) is 2.24. The highest BCUT2D eigenvalue weighted by Crippen LogP contribution is 2.23. The third-order valence-electron chi connectivity index (χ3n) is 2.42. The number of aromatic nitrogens is 1. The molecule has 1 N–H and O–H groups in total. The number of hydrogen-bond donors (Lipinski definition) is 1. The predicted molar refractivity (Wildman–Crippen MR) is 65.5 cm³/mol. The number of nitrogens with one attached hydrogen (secondary N) is 1. The molecular formula is C12H18F3N3. The minimum Gasteiger partial charge on any atom is -0.364 e. The van der Waals surface area contributed by atoms with Gasteiger partial charge in [-0.3, -0.25) is 4.98 Å². The molecule has 3 nitrogen and oxygen atoms in total. The van der Waals surface area contributed by atoms with Gasteiger partial charge in [-0.25, -0.2) is 0 Å². The Morgan fingerprint density at radius 1 is 1.39 bits per heavy atom.